The van der Waals surface area contributed by atoms with Gasteiger partial charge in [-0.3, -0.25) is 5.32 Å². The van der Waals surface area contributed by atoms with Gasteiger partial charge in [0, 0.05) is 20.1 Å². The maximum absolute atomic E-state index is 9.53. The van der Waals surface area contributed by atoms with Crippen molar-refractivity contribution in [2.45, 2.75) is 12.6 Å². The molecule has 6 N–H and O–H groups in total. The van der Waals surface area contributed by atoms with Gasteiger partial charge >= 0.3 is 0 Å². The van der Waals surface area contributed by atoms with E-state index in [9.17, 15) is 5.26 Å². The van der Waals surface area contributed by atoms with Gasteiger partial charge in [-0.05, 0) is 35.9 Å². The predicted octanol–water partition coefficient (Wildman–Crippen LogP) is 4.16. The van der Waals surface area contributed by atoms with Gasteiger partial charge in [0.05, 0.1) is 5.69 Å². The lowest BCUT2D eigenvalue weighted by Gasteiger charge is -2.27. The van der Waals surface area contributed by atoms with Crippen LogP contribution in [0.4, 0.5) is 17.3 Å². The highest BCUT2D eigenvalue weighted by molar-refractivity contribution is 9.10. The Morgan fingerprint density at radius 3 is 2.64 bits per heavy atom. The van der Waals surface area contributed by atoms with E-state index in [1.807, 2.05) is 54.7 Å². The molecule has 1 aliphatic rings. The normalized spacial score (nSPS) is 14.2. The second kappa shape index (κ2) is 9.36. The highest BCUT2D eigenvalue weighted by Crippen LogP contribution is 2.44. The van der Waals surface area contributed by atoms with Crippen LogP contribution in [0.2, 0.25) is 0 Å². The summed E-state index contributed by atoms with van der Waals surface area (Å²) in [6, 6.07) is 14.6. The minimum Gasteiger partial charge on any atom is -0.489 e. The van der Waals surface area contributed by atoms with Gasteiger partial charge in [-0.25, -0.2) is 9.98 Å². The van der Waals surface area contributed by atoms with Gasteiger partial charge in [0.1, 0.15) is 41.7 Å². The Kier molecular flexibility index (Phi) is 6.36. The van der Waals surface area contributed by atoms with Crippen LogP contribution >= 0.6 is 31.9 Å². The van der Waals surface area contributed by atoms with Gasteiger partial charge < -0.3 is 21.5 Å². The third kappa shape index (κ3) is 4.55. The molecule has 3 aromatic rings. The van der Waals surface area contributed by atoms with Gasteiger partial charge in [-0.15, -0.1) is 0 Å². The zero-order chi connectivity index (χ0) is 23.5. The topological polar surface area (TPSA) is 158 Å². The number of nitrogen functional groups attached to an aromatic ring is 2. The number of aliphatic imine (C=N–C) groups is 1. The van der Waals surface area contributed by atoms with Crippen molar-refractivity contribution in [2.24, 2.45) is 4.99 Å². The van der Waals surface area contributed by atoms with E-state index in [1.54, 1.807) is 0 Å². The van der Waals surface area contributed by atoms with Gasteiger partial charge in [0.25, 0.3) is 0 Å². The summed E-state index contributed by atoms with van der Waals surface area (Å²) in [7, 11) is 0. The van der Waals surface area contributed by atoms with Crippen LogP contribution in [-0.4, -0.2) is 10.9 Å². The Hall–Kier alpha value is -3.80. The van der Waals surface area contributed by atoms with Crippen LogP contribution < -0.4 is 26.8 Å². The molecular formula is C22H16Br2N8O. The highest BCUT2D eigenvalue weighted by atomic mass is 79.9. The van der Waals surface area contributed by atoms with Crippen LogP contribution in [-0.2, 0) is 6.61 Å². The van der Waals surface area contributed by atoms with Crippen molar-refractivity contribution in [3.63, 3.8) is 0 Å². The van der Waals surface area contributed by atoms with E-state index in [0.717, 1.165) is 14.5 Å². The molecule has 33 heavy (non-hydrogen) atoms. The third-order valence-corrected chi connectivity index (χ3v) is 5.89. The molecule has 0 amide bonds. The first-order valence-electron chi connectivity index (χ1n) is 9.56. The Labute approximate surface area is 206 Å². The Morgan fingerprint density at radius 2 is 1.91 bits per heavy atom. The van der Waals surface area contributed by atoms with Gasteiger partial charge in [-0.2, -0.15) is 10.5 Å². The lowest BCUT2D eigenvalue weighted by molar-refractivity contribution is 0.302. The van der Waals surface area contributed by atoms with Crippen LogP contribution in [0.15, 0.2) is 56.4 Å². The van der Waals surface area contributed by atoms with Gasteiger partial charge in [0.15, 0.2) is 6.19 Å². The fourth-order valence-corrected chi connectivity index (χ4v) is 4.28. The van der Waals surface area contributed by atoms with E-state index < -0.39 is 6.04 Å². The predicted molar refractivity (Wildman–Crippen MR) is 132 cm³/mol. The van der Waals surface area contributed by atoms with Crippen molar-refractivity contribution in [3.05, 3.63) is 73.7 Å². The molecule has 4 rings (SSSR count). The van der Waals surface area contributed by atoms with E-state index in [2.05, 4.69) is 52.5 Å². The first-order valence-corrected chi connectivity index (χ1v) is 11.2. The van der Waals surface area contributed by atoms with Crippen molar-refractivity contribution in [1.82, 2.24) is 10.3 Å². The number of hydrogen-bond acceptors (Lipinski definition) is 9. The lowest BCUT2D eigenvalue weighted by atomic mass is 9.94. The van der Waals surface area contributed by atoms with Gasteiger partial charge in [-0.1, -0.05) is 44.0 Å². The average molecular weight is 568 g/mol. The third-order valence-electron chi connectivity index (χ3n) is 4.91. The summed E-state index contributed by atoms with van der Waals surface area (Å²) >= 11 is 6.96. The maximum Gasteiger partial charge on any atom is 0.211 e. The Balaban J connectivity index is 1.83. The van der Waals surface area contributed by atoms with Crippen molar-refractivity contribution in [2.75, 3.05) is 16.8 Å². The van der Waals surface area contributed by atoms with E-state index in [0.29, 0.717) is 29.3 Å². The number of fused-ring (bicyclic) bond motifs is 1. The average Bonchev–Trinajstić information content (AvgIpc) is 2.78. The standard InChI is InChI=1S/C22H16Br2N8O/c23-12-3-1-2-11(6-12)9-33-16-5-4-13(24)7-14(16)19-17-18(27)15(8-25)20(28)31-21(17)32-22(30-19)29-10-26/h1-7,19H,9H2,(H6,27,28,29,30,31,32). The molecule has 1 unspecified atom stereocenters. The number of benzene rings is 2. The SMILES string of the molecule is N#CNC1=NC(c2cc(Br)ccc2OCc2cccc(Br)c2)c2c(nc(N)c(C#N)c2N)N1. The maximum atomic E-state index is 9.53. The Bertz CT molecular complexity index is 1360. The summed E-state index contributed by atoms with van der Waals surface area (Å²) in [5.41, 5.74) is 14.6. The van der Waals surface area contributed by atoms with Crippen molar-refractivity contribution >= 4 is 55.1 Å². The molecule has 0 fully saturated rings. The number of hydrogen-bond donors (Lipinski definition) is 4. The number of anilines is 3. The molecule has 164 valence electrons. The lowest BCUT2D eigenvalue weighted by Crippen LogP contribution is -2.33. The second-order valence-electron chi connectivity index (χ2n) is 7.00. The molecule has 0 saturated heterocycles. The van der Waals surface area contributed by atoms with E-state index in [1.165, 1.54) is 0 Å². The first kappa shape index (κ1) is 22.4. The largest absolute Gasteiger partial charge is 0.489 e. The van der Waals surface area contributed by atoms with Crippen molar-refractivity contribution < 1.29 is 4.74 Å². The second-order valence-corrected chi connectivity index (χ2v) is 8.83. The molecule has 0 saturated carbocycles. The molecule has 0 spiro atoms. The summed E-state index contributed by atoms with van der Waals surface area (Å²) in [6.07, 6.45) is 1.84. The molecule has 0 aliphatic carbocycles. The van der Waals surface area contributed by atoms with E-state index in [-0.39, 0.29) is 23.0 Å². The monoisotopic (exact) mass is 566 g/mol. The number of guanidine groups is 1. The molecule has 11 heteroatoms. The van der Waals surface area contributed by atoms with Crippen LogP contribution in [0.25, 0.3) is 0 Å². The molecule has 0 bridgehead atoms. The molecule has 2 aromatic carbocycles. The summed E-state index contributed by atoms with van der Waals surface area (Å²) in [6.45, 7) is 0.317. The van der Waals surface area contributed by atoms with E-state index in [4.69, 9.17) is 21.5 Å². The molecule has 1 aliphatic heterocycles. The quantitative estimate of drug-likeness (QED) is 0.270. The van der Waals surface area contributed by atoms with Crippen molar-refractivity contribution in [1.29, 1.82) is 10.5 Å². The van der Waals surface area contributed by atoms with E-state index >= 15 is 0 Å². The highest BCUT2D eigenvalue weighted by Gasteiger charge is 2.31. The number of nitriles is 2. The molecule has 1 atom stereocenters. The smallest absolute Gasteiger partial charge is 0.211 e. The van der Waals surface area contributed by atoms with Crippen LogP contribution in [0.5, 0.6) is 5.75 Å². The number of aromatic nitrogens is 1. The van der Waals surface area contributed by atoms with Crippen LogP contribution in [0.1, 0.15) is 28.3 Å². The molecule has 0 radical (unpaired) electrons. The van der Waals surface area contributed by atoms with Crippen LogP contribution in [0.3, 0.4) is 0 Å². The molecule has 9 nitrogen and oxygen atoms in total. The van der Waals surface area contributed by atoms with Crippen molar-refractivity contribution in [3.8, 4) is 18.0 Å². The summed E-state index contributed by atoms with van der Waals surface area (Å²) in [4.78, 5) is 8.90. The molecule has 2 heterocycles. The molecular weight excluding hydrogens is 552 g/mol. The number of nitrogens with one attached hydrogen (secondary N) is 2. The Morgan fingerprint density at radius 1 is 1.12 bits per heavy atom. The zero-order valence-electron chi connectivity index (χ0n) is 16.9. The van der Waals surface area contributed by atoms with Gasteiger partial charge in [0.2, 0.25) is 5.96 Å². The fourth-order valence-electron chi connectivity index (χ4n) is 3.46. The molecule has 1 aromatic heterocycles. The minimum atomic E-state index is -0.715. The summed E-state index contributed by atoms with van der Waals surface area (Å²) in [5, 5.41) is 24.0. The summed E-state index contributed by atoms with van der Waals surface area (Å²) in [5.74, 6) is 1.02. The number of rotatable bonds is 4. The first-order chi connectivity index (χ1) is 15.9. The number of ether oxygens (including phenoxy) is 1. The number of nitrogens with zero attached hydrogens (tertiary/aromatic N) is 4. The fraction of sp³-hybridized carbons (Fsp3) is 0.0909. The number of halogens is 2. The van der Waals surface area contributed by atoms with Crippen LogP contribution in [0, 0.1) is 22.8 Å². The number of pyridine rings is 1. The minimum absolute atomic E-state index is 0.0152. The number of nitrogens with two attached hydrogens (primary N) is 2. The summed E-state index contributed by atoms with van der Waals surface area (Å²) < 4.78 is 7.89. The zero-order valence-corrected chi connectivity index (χ0v) is 20.1.